The van der Waals surface area contributed by atoms with Crippen molar-refractivity contribution in [1.29, 1.82) is 0 Å². The maximum absolute atomic E-state index is 12.9. The van der Waals surface area contributed by atoms with Crippen LogP contribution in [0.4, 0.5) is 5.69 Å². The summed E-state index contributed by atoms with van der Waals surface area (Å²) in [6.45, 7) is 10.5. The van der Waals surface area contributed by atoms with Crippen molar-refractivity contribution >= 4 is 11.6 Å². The average Bonchev–Trinajstić information content (AvgIpc) is 2.96. The zero-order chi connectivity index (χ0) is 28.5. The topological polar surface area (TPSA) is 81.3 Å². The zero-order valence-corrected chi connectivity index (χ0v) is 25.5. The van der Waals surface area contributed by atoms with Crippen LogP contribution < -0.4 is 20.3 Å². The molecule has 0 spiro atoms. The summed E-state index contributed by atoms with van der Waals surface area (Å²) in [6, 6.07) is 7.09. The molecule has 226 valence electrons. The Morgan fingerprint density at radius 1 is 1.15 bits per heavy atom. The highest BCUT2D eigenvalue weighted by atomic mass is 16.5. The van der Waals surface area contributed by atoms with Crippen molar-refractivity contribution in [1.82, 2.24) is 10.6 Å². The van der Waals surface area contributed by atoms with E-state index in [2.05, 4.69) is 54.5 Å². The van der Waals surface area contributed by atoms with Crippen LogP contribution in [0.3, 0.4) is 0 Å². The van der Waals surface area contributed by atoms with Crippen LogP contribution in [0.5, 0.6) is 5.75 Å². The SMILES string of the molecule is CC[C@@H](C[C@@H]1CC[C@@H](OCc2ccc3c(c2)N(CCCOC)CC(C)(C)O3)CN1)NC(=O)[C@H]1CC[C@H](OC)CC1. The molecular formula is C32H53N3O5. The minimum Gasteiger partial charge on any atom is -0.484 e. The van der Waals surface area contributed by atoms with Gasteiger partial charge in [0.25, 0.3) is 0 Å². The van der Waals surface area contributed by atoms with E-state index in [1.165, 1.54) is 5.56 Å². The van der Waals surface area contributed by atoms with Crippen LogP contribution in [0.15, 0.2) is 18.2 Å². The van der Waals surface area contributed by atoms with Gasteiger partial charge in [-0.25, -0.2) is 0 Å². The van der Waals surface area contributed by atoms with Crippen LogP contribution in [0, 0.1) is 5.92 Å². The molecule has 2 N–H and O–H groups in total. The summed E-state index contributed by atoms with van der Waals surface area (Å²) in [4.78, 5) is 15.3. The van der Waals surface area contributed by atoms with Gasteiger partial charge in [-0.1, -0.05) is 13.0 Å². The zero-order valence-electron chi connectivity index (χ0n) is 25.5. The monoisotopic (exact) mass is 559 g/mol. The Morgan fingerprint density at radius 3 is 2.60 bits per heavy atom. The van der Waals surface area contributed by atoms with E-state index in [0.29, 0.717) is 18.8 Å². The van der Waals surface area contributed by atoms with Gasteiger partial charge in [-0.05, 0) is 89.3 Å². The highest BCUT2D eigenvalue weighted by Crippen LogP contribution is 2.38. The number of anilines is 1. The van der Waals surface area contributed by atoms with Gasteiger partial charge in [-0.2, -0.15) is 0 Å². The second kappa shape index (κ2) is 14.9. The summed E-state index contributed by atoms with van der Waals surface area (Å²) >= 11 is 0. The molecule has 1 aliphatic carbocycles. The first kappa shape index (κ1) is 31.1. The van der Waals surface area contributed by atoms with Crippen molar-refractivity contribution in [3.8, 4) is 5.75 Å². The fraction of sp³-hybridized carbons (Fsp3) is 0.781. The molecule has 2 heterocycles. The van der Waals surface area contributed by atoms with Crippen molar-refractivity contribution in [3.63, 3.8) is 0 Å². The van der Waals surface area contributed by atoms with Gasteiger partial charge in [-0.15, -0.1) is 0 Å². The first-order valence-corrected chi connectivity index (χ1v) is 15.5. The first-order chi connectivity index (χ1) is 19.3. The van der Waals surface area contributed by atoms with E-state index in [1.807, 2.05) is 0 Å². The Balaban J connectivity index is 1.21. The van der Waals surface area contributed by atoms with Gasteiger partial charge in [0.2, 0.25) is 5.91 Å². The molecule has 1 aromatic carbocycles. The minimum atomic E-state index is -0.217. The van der Waals surface area contributed by atoms with Gasteiger partial charge >= 0.3 is 0 Å². The molecule has 2 fully saturated rings. The number of ether oxygens (including phenoxy) is 4. The predicted molar refractivity (Wildman–Crippen MR) is 159 cm³/mol. The van der Waals surface area contributed by atoms with E-state index in [4.69, 9.17) is 18.9 Å². The van der Waals surface area contributed by atoms with Crippen LogP contribution in [0.25, 0.3) is 0 Å². The van der Waals surface area contributed by atoms with E-state index in [-0.39, 0.29) is 29.6 Å². The summed E-state index contributed by atoms with van der Waals surface area (Å²) in [6.07, 6.45) is 9.38. The fourth-order valence-corrected chi connectivity index (χ4v) is 6.46. The lowest BCUT2D eigenvalue weighted by Crippen LogP contribution is -2.48. The summed E-state index contributed by atoms with van der Waals surface area (Å²) < 4.78 is 23.4. The average molecular weight is 560 g/mol. The molecule has 1 saturated carbocycles. The number of rotatable bonds is 13. The smallest absolute Gasteiger partial charge is 0.223 e. The lowest BCUT2D eigenvalue weighted by Gasteiger charge is -2.41. The summed E-state index contributed by atoms with van der Waals surface area (Å²) in [5, 5.41) is 7.05. The van der Waals surface area contributed by atoms with Gasteiger partial charge in [0.1, 0.15) is 11.4 Å². The normalized spacial score (nSPS) is 27.0. The van der Waals surface area contributed by atoms with Gasteiger partial charge in [0.05, 0.1) is 31.0 Å². The van der Waals surface area contributed by atoms with Crippen molar-refractivity contribution < 1.29 is 23.7 Å². The largest absolute Gasteiger partial charge is 0.484 e. The van der Waals surface area contributed by atoms with Crippen LogP contribution in [-0.4, -0.2) is 76.3 Å². The van der Waals surface area contributed by atoms with Crippen LogP contribution in [0.2, 0.25) is 0 Å². The lowest BCUT2D eigenvalue weighted by molar-refractivity contribution is -0.127. The van der Waals surface area contributed by atoms with Crippen molar-refractivity contribution in [2.45, 2.75) is 115 Å². The highest BCUT2D eigenvalue weighted by molar-refractivity contribution is 5.79. The first-order valence-electron chi connectivity index (χ1n) is 15.5. The second-order valence-electron chi connectivity index (χ2n) is 12.6. The van der Waals surface area contributed by atoms with Crippen molar-refractivity contribution in [3.05, 3.63) is 23.8 Å². The third kappa shape index (κ3) is 8.81. The lowest BCUT2D eigenvalue weighted by atomic mass is 9.86. The van der Waals surface area contributed by atoms with Gasteiger partial charge in [-0.3, -0.25) is 4.79 Å². The van der Waals surface area contributed by atoms with E-state index < -0.39 is 0 Å². The molecule has 2 aliphatic heterocycles. The molecule has 1 aromatic rings. The van der Waals surface area contributed by atoms with E-state index in [1.54, 1.807) is 14.2 Å². The molecule has 0 unspecified atom stereocenters. The van der Waals surface area contributed by atoms with Crippen molar-refractivity contribution in [2.75, 3.05) is 45.4 Å². The van der Waals surface area contributed by atoms with Crippen molar-refractivity contribution in [2.24, 2.45) is 5.92 Å². The summed E-state index contributed by atoms with van der Waals surface area (Å²) in [5.74, 6) is 1.31. The molecule has 4 rings (SSSR count). The highest BCUT2D eigenvalue weighted by Gasteiger charge is 2.32. The number of carbonyl (C=O) groups is 1. The molecule has 3 atom stereocenters. The molecule has 0 aromatic heterocycles. The van der Waals surface area contributed by atoms with Gasteiger partial charge < -0.3 is 34.5 Å². The molecule has 0 bridgehead atoms. The predicted octanol–water partition coefficient (Wildman–Crippen LogP) is 4.83. The second-order valence-corrected chi connectivity index (χ2v) is 12.6. The number of hydrogen-bond donors (Lipinski definition) is 2. The number of piperidine rings is 1. The number of amides is 1. The fourth-order valence-electron chi connectivity index (χ4n) is 6.46. The molecule has 8 nitrogen and oxygen atoms in total. The number of methoxy groups -OCH3 is 2. The molecule has 1 amide bonds. The standard InChI is InChI=1S/C32H53N3O5/c1-6-25(34-31(36)24-9-12-27(38-5)13-10-24)19-26-11-14-28(20-33-26)39-21-23-8-15-30-29(18-23)35(16-7-17-37-4)22-32(2,3)40-30/h8,15,18,24-28,33H,6-7,9-14,16-17,19-22H2,1-5H3,(H,34,36)/t24-,25-,26-,27-,28+/m0/s1. The Labute approximate surface area is 241 Å². The van der Waals surface area contributed by atoms with E-state index in [0.717, 1.165) is 95.5 Å². The molecule has 0 radical (unpaired) electrons. The van der Waals surface area contributed by atoms with Gasteiger partial charge in [0, 0.05) is 51.9 Å². The molecule has 40 heavy (non-hydrogen) atoms. The number of benzene rings is 1. The summed E-state index contributed by atoms with van der Waals surface area (Å²) in [7, 11) is 3.53. The molecule has 8 heteroatoms. The molecular weight excluding hydrogens is 506 g/mol. The number of carbonyl (C=O) groups excluding carboxylic acids is 1. The third-order valence-corrected chi connectivity index (χ3v) is 8.84. The number of hydrogen-bond acceptors (Lipinski definition) is 7. The Bertz CT molecular complexity index is 925. The number of nitrogens with zero attached hydrogens (tertiary/aromatic N) is 1. The van der Waals surface area contributed by atoms with Gasteiger partial charge in [0.15, 0.2) is 0 Å². The Kier molecular flexibility index (Phi) is 11.5. The maximum atomic E-state index is 12.9. The number of fused-ring (bicyclic) bond motifs is 1. The minimum absolute atomic E-state index is 0.136. The van der Waals surface area contributed by atoms with Crippen LogP contribution in [0.1, 0.15) is 84.1 Å². The molecule has 1 saturated heterocycles. The quantitative estimate of drug-likeness (QED) is 0.335. The Hall–Kier alpha value is -1.87. The third-order valence-electron chi connectivity index (χ3n) is 8.84. The summed E-state index contributed by atoms with van der Waals surface area (Å²) in [5.41, 5.74) is 2.11. The van der Waals surface area contributed by atoms with Crippen LogP contribution >= 0.6 is 0 Å². The maximum Gasteiger partial charge on any atom is 0.223 e. The number of nitrogens with one attached hydrogen (secondary N) is 2. The molecule has 3 aliphatic rings. The Morgan fingerprint density at radius 2 is 1.93 bits per heavy atom. The van der Waals surface area contributed by atoms with E-state index >= 15 is 0 Å². The van der Waals surface area contributed by atoms with Crippen LogP contribution in [-0.2, 0) is 25.6 Å². The van der Waals surface area contributed by atoms with E-state index in [9.17, 15) is 4.79 Å².